The van der Waals surface area contributed by atoms with E-state index in [2.05, 4.69) is 57.4 Å². The van der Waals surface area contributed by atoms with Crippen molar-refractivity contribution < 1.29 is 0 Å². The van der Waals surface area contributed by atoms with E-state index >= 15 is 0 Å². The van der Waals surface area contributed by atoms with Crippen LogP contribution in [0.1, 0.15) is 49.9 Å². The van der Waals surface area contributed by atoms with Crippen molar-refractivity contribution in [2.24, 2.45) is 5.92 Å². The normalized spacial score (nSPS) is 21.3. The van der Waals surface area contributed by atoms with Gasteiger partial charge in [0.2, 0.25) is 5.95 Å². The Morgan fingerprint density at radius 1 is 1.00 bits per heavy atom. The number of rotatable bonds is 3. The fourth-order valence-corrected chi connectivity index (χ4v) is 5.22. The first-order chi connectivity index (χ1) is 15.3. The maximum atomic E-state index is 5.00. The predicted molar refractivity (Wildman–Crippen MR) is 125 cm³/mol. The van der Waals surface area contributed by atoms with Crippen LogP contribution in [-0.2, 0) is 13.0 Å². The van der Waals surface area contributed by atoms with Gasteiger partial charge in [-0.3, -0.25) is 0 Å². The van der Waals surface area contributed by atoms with Gasteiger partial charge >= 0.3 is 0 Å². The van der Waals surface area contributed by atoms with E-state index in [9.17, 15) is 0 Å². The topological polar surface area (TPSA) is 67.7 Å². The van der Waals surface area contributed by atoms with Crippen LogP contribution in [0.25, 0.3) is 21.9 Å². The third-order valence-electron chi connectivity index (χ3n) is 6.96. The van der Waals surface area contributed by atoms with Crippen LogP contribution in [0.2, 0.25) is 0 Å². The molecule has 2 N–H and O–H groups in total. The molecule has 0 radical (unpaired) electrons. The average Bonchev–Trinajstić information content (AvgIpc) is 3.13. The van der Waals surface area contributed by atoms with Crippen LogP contribution >= 0.6 is 0 Å². The van der Waals surface area contributed by atoms with E-state index in [-0.39, 0.29) is 0 Å². The quantitative estimate of drug-likeness (QED) is 0.489. The molecule has 1 aromatic carbocycles. The number of anilines is 2. The van der Waals surface area contributed by atoms with Crippen molar-refractivity contribution in [1.82, 2.24) is 24.8 Å². The average molecular weight is 413 g/mol. The Hall–Kier alpha value is -2.99. The van der Waals surface area contributed by atoms with E-state index in [0.717, 1.165) is 48.0 Å². The molecule has 158 valence electrons. The van der Waals surface area contributed by atoms with E-state index < -0.39 is 0 Å². The highest BCUT2D eigenvalue weighted by Crippen LogP contribution is 2.38. The lowest BCUT2D eigenvalue weighted by atomic mass is 9.87. The molecule has 0 atom stereocenters. The summed E-state index contributed by atoms with van der Waals surface area (Å²) in [6.07, 6.45) is 7.91. The number of fused-ring (bicyclic) bond motifs is 4. The lowest BCUT2D eigenvalue weighted by Gasteiger charge is -2.28. The Morgan fingerprint density at radius 2 is 1.87 bits per heavy atom. The van der Waals surface area contributed by atoms with Gasteiger partial charge in [0.05, 0.1) is 5.52 Å². The van der Waals surface area contributed by atoms with Crippen LogP contribution in [0.4, 0.5) is 11.8 Å². The van der Waals surface area contributed by atoms with Gasteiger partial charge in [0.25, 0.3) is 0 Å². The Kier molecular flexibility index (Phi) is 4.60. The summed E-state index contributed by atoms with van der Waals surface area (Å²) in [4.78, 5) is 14.5. The third kappa shape index (κ3) is 3.35. The van der Waals surface area contributed by atoms with Crippen molar-refractivity contribution >= 4 is 33.7 Å². The minimum atomic E-state index is 0.496. The SMILES string of the molecule is C[C@H]1CC[C@H](n2c3ccccc3c3cnc(Nc4ccc5c(n4)CCNC5)nc32)CC1. The first-order valence-corrected chi connectivity index (χ1v) is 11.5. The predicted octanol–water partition coefficient (Wildman–Crippen LogP) is 5.12. The number of nitrogens with one attached hydrogen (secondary N) is 2. The zero-order valence-electron chi connectivity index (χ0n) is 17.9. The molecule has 6 rings (SSSR count). The van der Waals surface area contributed by atoms with E-state index in [1.165, 1.54) is 42.1 Å². The van der Waals surface area contributed by atoms with Gasteiger partial charge in [-0.2, -0.15) is 4.98 Å². The smallest absolute Gasteiger partial charge is 0.230 e. The maximum absolute atomic E-state index is 5.00. The van der Waals surface area contributed by atoms with Crippen molar-refractivity contribution in [2.45, 2.75) is 51.6 Å². The van der Waals surface area contributed by atoms with Crippen LogP contribution in [0.15, 0.2) is 42.6 Å². The standard InChI is InChI=1S/C25H28N6/c1-16-6-9-18(10-7-16)31-22-5-3-2-4-19(22)20-15-27-25(30-24(20)31)29-23-11-8-17-14-26-13-12-21(17)28-23/h2-5,8,11,15-16,18,26H,6-7,9-10,12-14H2,1H3,(H,27,28,29,30)/t16-,18-. The van der Waals surface area contributed by atoms with Crippen LogP contribution in [-0.4, -0.2) is 26.1 Å². The van der Waals surface area contributed by atoms with E-state index in [4.69, 9.17) is 9.97 Å². The fraction of sp³-hybridized carbons (Fsp3) is 0.400. The number of aromatic nitrogens is 4. The van der Waals surface area contributed by atoms with Crippen LogP contribution in [0.3, 0.4) is 0 Å². The van der Waals surface area contributed by atoms with E-state index in [1.54, 1.807) is 0 Å². The molecule has 1 aliphatic carbocycles. The number of para-hydroxylation sites is 1. The summed E-state index contributed by atoms with van der Waals surface area (Å²) in [5.41, 5.74) is 4.73. The zero-order chi connectivity index (χ0) is 20.8. The highest BCUT2D eigenvalue weighted by molar-refractivity contribution is 6.06. The van der Waals surface area contributed by atoms with Crippen LogP contribution in [0.5, 0.6) is 0 Å². The van der Waals surface area contributed by atoms with Crippen LogP contribution in [0, 0.1) is 5.92 Å². The number of hydrogen-bond acceptors (Lipinski definition) is 5. The summed E-state index contributed by atoms with van der Waals surface area (Å²) < 4.78 is 2.47. The van der Waals surface area contributed by atoms with Gasteiger partial charge in [0.1, 0.15) is 11.5 Å². The second-order valence-corrected chi connectivity index (χ2v) is 9.09. The maximum Gasteiger partial charge on any atom is 0.230 e. The minimum absolute atomic E-state index is 0.496. The van der Waals surface area contributed by atoms with Gasteiger partial charge in [0.15, 0.2) is 0 Å². The molecule has 6 nitrogen and oxygen atoms in total. The lowest BCUT2D eigenvalue weighted by Crippen LogP contribution is -2.24. The molecule has 0 spiro atoms. The summed E-state index contributed by atoms with van der Waals surface area (Å²) in [6.45, 7) is 4.24. The third-order valence-corrected chi connectivity index (χ3v) is 6.96. The largest absolute Gasteiger partial charge is 0.322 e. The summed E-state index contributed by atoms with van der Waals surface area (Å²) in [6, 6.07) is 13.3. The van der Waals surface area contributed by atoms with Gasteiger partial charge in [-0.05, 0) is 49.3 Å². The summed E-state index contributed by atoms with van der Waals surface area (Å²) in [5.74, 6) is 2.25. The molecular formula is C25H28N6. The van der Waals surface area contributed by atoms with Crippen molar-refractivity contribution in [1.29, 1.82) is 0 Å². The highest BCUT2D eigenvalue weighted by atomic mass is 15.2. The van der Waals surface area contributed by atoms with Crippen molar-refractivity contribution in [3.63, 3.8) is 0 Å². The fourth-order valence-electron chi connectivity index (χ4n) is 5.22. The van der Waals surface area contributed by atoms with Gasteiger partial charge in [-0.1, -0.05) is 31.2 Å². The zero-order valence-corrected chi connectivity index (χ0v) is 17.9. The Morgan fingerprint density at radius 3 is 2.77 bits per heavy atom. The molecule has 31 heavy (non-hydrogen) atoms. The molecule has 0 unspecified atom stereocenters. The molecule has 1 aliphatic heterocycles. The molecule has 1 saturated carbocycles. The molecule has 4 aromatic rings. The van der Waals surface area contributed by atoms with Crippen molar-refractivity contribution in [2.75, 3.05) is 11.9 Å². The number of nitrogens with zero attached hydrogens (tertiary/aromatic N) is 4. The van der Waals surface area contributed by atoms with Crippen molar-refractivity contribution in [3.05, 3.63) is 53.9 Å². The highest BCUT2D eigenvalue weighted by Gasteiger charge is 2.24. The summed E-state index contributed by atoms with van der Waals surface area (Å²) in [7, 11) is 0. The molecule has 1 fully saturated rings. The van der Waals surface area contributed by atoms with Gasteiger partial charge in [0, 0.05) is 48.2 Å². The molecule has 0 amide bonds. The van der Waals surface area contributed by atoms with Gasteiger partial charge in [-0.25, -0.2) is 9.97 Å². The number of benzene rings is 1. The first-order valence-electron chi connectivity index (χ1n) is 11.5. The Balaban J connectivity index is 1.41. The molecular weight excluding hydrogens is 384 g/mol. The molecule has 0 saturated heterocycles. The summed E-state index contributed by atoms with van der Waals surface area (Å²) in [5, 5.41) is 9.12. The van der Waals surface area contributed by atoms with Gasteiger partial charge in [-0.15, -0.1) is 0 Å². The van der Waals surface area contributed by atoms with Crippen molar-refractivity contribution in [3.8, 4) is 0 Å². The molecule has 3 aromatic heterocycles. The second kappa shape index (κ2) is 7.61. The van der Waals surface area contributed by atoms with E-state index in [0.29, 0.717) is 12.0 Å². The lowest BCUT2D eigenvalue weighted by molar-refractivity contribution is 0.298. The second-order valence-electron chi connectivity index (χ2n) is 9.09. The van der Waals surface area contributed by atoms with Gasteiger partial charge < -0.3 is 15.2 Å². The Bertz CT molecular complexity index is 1250. The first kappa shape index (κ1) is 18.8. The monoisotopic (exact) mass is 412 g/mol. The molecule has 4 heterocycles. The summed E-state index contributed by atoms with van der Waals surface area (Å²) >= 11 is 0. The minimum Gasteiger partial charge on any atom is -0.322 e. The van der Waals surface area contributed by atoms with Crippen LogP contribution < -0.4 is 10.6 Å². The number of hydrogen-bond donors (Lipinski definition) is 2. The van der Waals surface area contributed by atoms with E-state index in [1.807, 2.05) is 12.3 Å². The number of pyridine rings is 1. The molecule has 0 bridgehead atoms. The Labute approximate surface area is 182 Å². The molecule has 6 heteroatoms. The molecule has 2 aliphatic rings.